The van der Waals surface area contributed by atoms with Crippen LogP contribution in [-0.4, -0.2) is 5.91 Å². The van der Waals surface area contributed by atoms with Crippen LogP contribution in [0.2, 0.25) is 0 Å². The van der Waals surface area contributed by atoms with Gasteiger partial charge in [-0.3, -0.25) is 4.79 Å². The quantitative estimate of drug-likeness (QED) is 0.479. The first-order chi connectivity index (χ1) is 8.29. The second-order valence-corrected chi connectivity index (χ2v) is 4.21. The van der Waals surface area contributed by atoms with Crippen molar-refractivity contribution < 1.29 is 4.79 Å². The maximum atomic E-state index is 11.8. The van der Waals surface area contributed by atoms with Gasteiger partial charge < -0.3 is 5.32 Å². The van der Waals surface area contributed by atoms with Crippen molar-refractivity contribution in [3.63, 3.8) is 0 Å². The van der Waals surface area contributed by atoms with E-state index >= 15 is 0 Å². The maximum Gasteiger partial charge on any atom is 0.227 e. The van der Waals surface area contributed by atoms with Gasteiger partial charge in [0, 0.05) is 22.2 Å². The summed E-state index contributed by atoms with van der Waals surface area (Å²) in [5.74, 6) is 0.255. The van der Waals surface area contributed by atoms with Crippen LogP contribution in [0.1, 0.15) is 25.7 Å². The lowest BCUT2D eigenvalue weighted by Gasteiger charge is -2.10. The smallest absolute Gasteiger partial charge is 0.227 e. The van der Waals surface area contributed by atoms with E-state index in [-0.39, 0.29) is 11.8 Å². The molecule has 0 radical (unpaired) electrons. The minimum absolute atomic E-state index is 0.0963. The van der Waals surface area contributed by atoms with Crippen LogP contribution in [0.4, 0.5) is 11.4 Å². The highest BCUT2D eigenvalue weighted by Gasteiger charge is 2.22. The van der Waals surface area contributed by atoms with E-state index in [9.17, 15) is 4.79 Å². The number of benzene rings is 1. The lowest BCUT2D eigenvalue weighted by Crippen LogP contribution is -2.20. The molecule has 0 saturated heterocycles. The Kier molecular flexibility index (Phi) is 3.62. The number of anilines is 1. The maximum absolute atomic E-state index is 11.8. The normalized spacial score (nSPS) is 15.3. The van der Waals surface area contributed by atoms with E-state index in [1.807, 2.05) is 0 Å². The van der Waals surface area contributed by atoms with Crippen LogP contribution in [0.5, 0.6) is 0 Å². The number of carbonyl (C=O) groups excluding carboxylic acids is 1. The standard InChI is InChI=1S/C12H14N4O/c13-16-15-11-7-5-10(6-8-11)14-12(17)9-3-1-2-4-9/h5-9H,1-4H2,(H,14,17). The first-order valence-electron chi connectivity index (χ1n) is 5.75. The number of azide groups is 1. The Morgan fingerprint density at radius 3 is 2.53 bits per heavy atom. The average molecular weight is 230 g/mol. The highest BCUT2D eigenvalue weighted by molar-refractivity contribution is 5.92. The van der Waals surface area contributed by atoms with Gasteiger partial charge in [-0.2, -0.15) is 0 Å². The summed E-state index contributed by atoms with van der Waals surface area (Å²) in [6.45, 7) is 0. The van der Waals surface area contributed by atoms with Crippen molar-refractivity contribution in [3.05, 3.63) is 34.7 Å². The van der Waals surface area contributed by atoms with Gasteiger partial charge >= 0.3 is 0 Å². The fourth-order valence-electron chi connectivity index (χ4n) is 2.10. The summed E-state index contributed by atoms with van der Waals surface area (Å²) in [6.07, 6.45) is 4.27. The Morgan fingerprint density at radius 2 is 1.94 bits per heavy atom. The predicted molar refractivity (Wildman–Crippen MR) is 65.8 cm³/mol. The molecule has 1 N–H and O–H groups in total. The van der Waals surface area contributed by atoms with Gasteiger partial charge in [0.25, 0.3) is 0 Å². The van der Waals surface area contributed by atoms with E-state index in [2.05, 4.69) is 15.3 Å². The molecule has 1 amide bonds. The number of rotatable bonds is 3. The summed E-state index contributed by atoms with van der Waals surface area (Å²) in [5, 5.41) is 6.35. The van der Waals surface area contributed by atoms with E-state index in [4.69, 9.17) is 5.53 Å². The number of hydrogen-bond acceptors (Lipinski definition) is 2. The monoisotopic (exact) mass is 230 g/mol. The van der Waals surface area contributed by atoms with Crippen molar-refractivity contribution in [1.82, 2.24) is 0 Å². The Labute approximate surface area is 99.5 Å². The van der Waals surface area contributed by atoms with Crippen molar-refractivity contribution in [2.75, 3.05) is 5.32 Å². The van der Waals surface area contributed by atoms with Crippen molar-refractivity contribution in [1.29, 1.82) is 0 Å². The Morgan fingerprint density at radius 1 is 1.29 bits per heavy atom. The van der Waals surface area contributed by atoms with Crippen molar-refractivity contribution >= 4 is 17.3 Å². The van der Waals surface area contributed by atoms with Gasteiger partial charge in [-0.1, -0.05) is 30.1 Å². The first-order valence-corrected chi connectivity index (χ1v) is 5.75. The lowest BCUT2D eigenvalue weighted by molar-refractivity contribution is -0.119. The fourth-order valence-corrected chi connectivity index (χ4v) is 2.10. The van der Waals surface area contributed by atoms with Crippen LogP contribution in [0, 0.1) is 5.92 Å². The number of amides is 1. The van der Waals surface area contributed by atoms with Gasteiger partial charge in [0.2, 0.25) is 5.91 Å². The molecule has 0 heterocycles. The number of nitrogens with zero attached hydrogens (tertiary/aromatic N) is 3. The molecule has 1 saturated carbocycles. The van der Waals surface area contributed by atoms with Crippen molar-refractivity contribution in [2.45, 2.75) is 25.7 Å². The topological polar surface area (TPSA) is 77.9 Å². The van der Waals surface area contributed by atoms with Crippen LogP contribution in [0.15, 0.2) is 29.4 Å². The summed E-state index contributed by atoms with van der Waals surface area (Å²) in [5.41, 5.74) is 9.56. The first kappa shape index (κ1) is 11.5. The van der Waals surface area contributed by atoms with E-state index < -0.39 is 0 Å². The molecule has 5 nitrogen and oxygen atoms in total. The average Bonchev–Trinajstić information content (AvgIpc) is 2.86. The number of nitrogens with one attached hydrogen (secondary N) is 1. The van der Waals surface area contributed by atoms with E-state index in [1.54, 1.807) is 24.3 Å². The molecule has 0 aliphatic heterocycles. The molecule has 1 fully saturated rings. The zero-order valence-corrected chi connectivity index (χ0v) is 9.47. The molecule has 17 heavy (non-hydrogen) atoms. The Bertz CT molecular complexity index is 442. The molecule has 1 aliphatic rings. The molecule has 0 unspecified atom stereocenters. The molecule has 5 heteroatoms. The highest BCUT2D eigenvalue weighted by atomic mass is 16.1. The minimum Gasteiger partial charge on any atom is -0.326 e. The summed E-state index contributed by atoms with van der Waals surface area (Å²) >= 11 is 0. The van der Waals surface area contributed by atoms with Crippen LogP contribution in [0.25, 0.3) is 10.4 Å². The molecule has 0 bridgehead atoms. The molecule has 0 spiro atoms. The zero-order chi connectivity index (χ0) is 12.1. The SMILES string of the molecule is [N-]=[N+]=Nc1ccc(NC(=O)C2CCCC2)cc1. The largest absolute Gasteiger partial charge is 0.326 e. The van der Waals surface area contributed by atoms with Crippen molar-refractivity contribution in [3.8, 4) is 0 Å². The second kappa shape index (κ2) is 5.37. The fraction of sp³-hybridized carbons (Fsp3) is 0.417. The molecule has 88 valence electrons. The van der Waals surface area contributed by atoms with Gasteiger partial charge in [0.05, 0.1) is 0 Å². The van der Waals surface area contributed by atoms with Gasteiger partial charge in [0.15, 0.2) is 0 Å². The third-order valence-corrected chi connectivity index (χ3v) is 3.02. The van der Waals surface area contributed by atoms with Gasteiger partial charge in [-0.05, 0) is 30.5 Å². The van der Waals surface area contributed by atoms with Crippen LogP contribution < -0.4 is 5.32 Å². The van der Waals surface area contributed by atoms with Crippen LogP contribution in [0.3, 0.4) is 0 Å². The summed E-state index contributed by atoms with van der Waals surface area (Å²) < 4.78 is 0. The molecule has 1 aromatic rings. The third kappa shape index (κ3) is 2.98. The Balaban J connectivity index is 1.98. The van der Waals surface area contributed by atoms with Gasteiger partial charge in [0.1, 0.15) is 0 Å². The number of hydrogen-bond donors (Lipinski definition) is 1. The van der Waals surface area contributed by atoms with Gasteiger partial charge in [-0.15, -0.1) is 0 Å². The summed E-state index contributed by atoms with van der Waals surface area (Å²) in [4.78, 5) is 14.5. The highest BCUT2D eigenvalue weighted by Crippen LogP contribution is 2.26. The lowest BCUT2D eigenvalue weighted by atomic mass is 10.1. The summed E-state index contributed by atoms with van der Waals surface area (Å²) in [6, 6.07) is 6.86. The zero-order valence-electron chi connectivity index (χ0n) is 9.47. The van der Waals surface area contributed by atoms with E-state index in [0.29, 0.717) is 5.69 Å². The molecule has 2 rings (SSSR count). The molecular weight excluding hydrogens is 216 g/mol. The third-order valence-electron chi connectivity index (χ3n) is 3.02. The van der Waals surface area contributed by atoms with Crippen molar-refractivity contribution in [2.24, 2.45) is 11.0 Å². The second-order valence-electron chi connectivity index (χ2n) is 4.21. The predicted octanol–water partition coefficient (Wildman–Crippen LogP) is 3.76. The summed E-state index contributed by atoms with van der Waals surface area (Å²) in [7, 11) is 0. The van der Waals surface area contributed by atoms with Crippen LogP contribution >= 0.6 is 0 Å². The molecule has 0 atom stereocenters. The van der Waals surface area contributed by atoms with Crippen LogP contribution in [-0.2, 0) is 4.79 Å². The van der Waals surface area contributed by atoms with E-state index in [0.717, 1.165) is 31.4 Å². The number of carbonyl (C=O) groups is 1. The molecule has 1 aliphatic carbocycles. The Hall–Kier alpha value is -2.00. The van der Waals surface area contributed by atoms with Gasteiger partial charge in [-0.25, -0.2) is 0 Å². The molecular formula is C12H14N4O. The molecule has 1 aromatic carbocycles. The van der Waals surface area contributed by atoms with E-state index in [1.165, 1.54) is 0 Å². The molecule has 0 aromatic heterocycles. The minimum atomic E-state index is 0.0963.